The molecule has 0 spiro atoms. The van der Waals surface area contributed by atoms with E-state index in [0.29, 0.717) is 12.0 Å². The summed E-state index contributed by atoms with van der Waals surface area (Å²) in [6.45, 7) is 4.37. The summed E-state index contributed by atoms with van der Waals surface area (Å²) in [6.07, 6.45) is 7.06. The smallest absolute Gasteiger partial charge is 0.0323 e. The van der Waals surface area contributed by atoms with Crippen LogP contribution in [0, 0.1) is 5.92 Å². The quantitative estimate of drug-likeness (QED) is 0.639. The van der Waals surface area contributed by atoms with Crippen molar-refractivity contribution in [2.45, 2.75) is 13.0 Å². The van der Waals surface area contributed by atoms with Gasteiger partial charge < -0.3 is 9.80 Å². The predicted octanol–water partition coefficient (Wildman–Crippen LogP) is 4.07. The normalized spacial score (nSPS) is 17.7. The standard InChI is InChI=1S/C24H31N2P/c1-5-26(4)23(19-25(2)3)22-17-12-18-24(22)27(20-13-8-6-9-14-20)21-15-10-7-11-16-21/h6-18,22-23H,5,19H2,1-4H3/t22?,23-/m0/s1. The minimum Gasteiger partial charge on any atom is -0.308 e. The Balaban J connectivity index is 2.01. The summed E-state index contributed by atoms with van der Waals surface area (Å²) >= 11 is 0. The molecule has 1 aliphatic carbocycles. The highest BCUT2D eigenvalue weighted by atomic mass is 31.1. The van der Waals surface area contributed by atoms with Gasteiger partial charge in [0.2, 0.25) is 0 Å². The van der Waals surface area contributed by atoms with Crippen LogP contribution in [0.15, 0.2) is 84.2 Å². The first-order valence-electron chi connectivity index (χ1n) is 9.75. The maximum atomic E-state index is 2.50. The van der Waals surface area contributed by atoms with Crippen molar-refractivity contribution in [3.63, 3.8) is 0 Å². The van der Waals surface area contributed by atoms with E-state index in [4.69, 9.17) is 0 Å². The van der Waals surface area contributed by atoms with Crippen molar-refractivity contribution in [2.75, 3.05) is 34.2 Å². The average molecular weight is 379 g/mol. The van der Waals surface area contributed by atoms with Crippen molar-refractivity contribution >= 4 is 18.5 Å². The predicted molar refractivity (Wildman–Crippen MR) is 120 cm³/mol. The molecule has 2 nitrogen and oxygen atoms in total. The number of nitrogens with zero attached hydrogens (tertiary/aromatic N) is 2. The lowest BCUT2D eigenvalue weighted by Gasteiger charge is -2.37. The highest BCUT2D eigenvalue weighted by Crippen LogP contribution is 2.50. The zero-order valence-electron chi connectivity index (χ0n) is 16.9. The van der Waals surface area contributed by atoms with Crippen LogP contribution in [0.1, 0.15) is 6.92 Å². The molecule has 0 saturated carbocycles. The van der Waals surface area contributed by atoms with Gasteiger partial charge in [0.1, 0.15) is 0 Å². The summed E-state index contributed by atoms with van der Waals surface area (Å²) in [6, 6.07) is 22.5. The second kappa shape index (κ2) is 9.46. The van der Waals surface area contributed by atoms with Gasteiger partial charge in [0.25, 0.3) is 0 Å². The first kappa shape index (κ1) is 20.0. The van der Waals surface area contributed by atoms with E-state index < -0.39 is 7.92 Å². The van der Waals surface area contributed by atoms with Gasteiger partial charge in [-0.1, -0.05) is 85.8 Å². The molecule has 0 aromatic heterocycles. The van der Waals surface area contributed by atoms with Crippen LogP contribution in [0.25, 0.3) is 0 Å². The molecule has 2 aromatic rings. The zero-order valence-corrected chi connectivity index (χ0v) is 17.8. The molecule has 0 bridgehead atoms. The summed E-state index contributed by atoms with van der Waals surface area (Å²) in [5.41, 5.74) is 0. The van der Waals surface area contributed by atoms with Crippen LogP contribution in [0.2, 0.25) is 0 Å². The van der Waals surface area contributed by atoms with Crippen LogP contribution < -0.4 is 10.6 Å². The Morgan fingerprint density at radius 1 is 0.889 bits per heavy atom. The first-order valence-corrected chi connectivity index (χ1v) is 11.1. The van der Waals surface area contributed by atoms with Gasteiger partial charge in [-0.15, -0.1) is 0 Å². The molecule has 0 aliphatic heterocycles. The molecule has 27 heavy (non-hydrogen) atoms. The van der Waals surface area contributed by atoms with Gasteiger partial charge in [-0.05, 0) is 51.5 Å². The van der Waals surface area contributed by atoms with Gasteiger partial charge in [0.15, 0.2) is 0 Å². The molecular weight excluding hydrogens is 347 g/mol. The molecular formula is C24H31N2P. The largest absolute Gasteiger partial charge is 0.308 e. The van der Waals surface area contributed by atoms with Crippen LogP contribution in [0.3, 0.4) is 0 Å². The van der Waals surface area contributed by atoms with Crippen molar-refractivity contribution in [1.29, 1.82) is 0 Å². The fourth-order valence-electron chi connectivity index (χ4n) is 3.77. The topological polar surface area (TPSA) is 6.48 Å². The Morgan fingerprint density at radius 3 is 1.93 bits per heavy atom. The van der Waals surface area contributed by atoms with E-state index in [1.54, 1.807) is 5.31 Å². The molecule has 2 atom stereocenters. The SMILES string of the molecule is CCN(C)[C@@H](CN(C)C)C1C=CC=C1P(c1ccccc1)c1ccccc1. The van der Waals surface area contributed by atoms with Crippen molar-refractivity contribution in [1.82, 2.24) is 9.80 Å². The molecule has 2 aromatic carbocycles. The van der Waals surface area contributed by atoms with E-state index in [2.05, 4.69) is 117 Å². The molecule has 0 amide bonds. The Bertz CT molecular complexity index is 728. The Labute approximate surface area is 166 Å². The molecule has 142 valence electrons. The zero-order chi connectivity index (χ0) is 19.2. The molecule has 3 rings (SSSR count). The lowest BCUT2D eigenvalue weighted by Crippen LogP contribution is -2.44. The fraction of sp³-hybridized carbons (Fsp3) is 0.333. The van der Waals surface area contributed by atoms with Crippen LogP contribution in [-0.4, -0.2) is 50.1 Å². The first-order chi connectivity index (χ1) is 13.1. The summed E-state index contributed by atoms with van der Waals surface area (Å²) in [4.78, 5) is 4.81. The fourth-order valence-corrected chi connectivity index (χ4v) is 6.40. The lowest BCUT2D eigenvalue weighted by atomic mass is 9.99. The van der Waals surface area contributed by atoms with Gasteiger partial charge in [-0.3, -0.25) is 0 Å². The van der Waals surface area contributed by atoms with Crippen LogP contribution in [0.4, 0.5) is 0 Å². The molecule has 1 aliphatic rings. The van der Waals surface area contributed by atoms with Gasteiger partial charge in [0, 0.05) is 18.5 Å². The average Bonchev–Trinajstić information content (AvgIpc) is 3.16. The van der Waals surface area contributed by atoms with Crippen molar-refractivity contribution in [3.05, 3.63) is 84.2 Å². The summed E-state index contributed by atoms with van der Waals surface area (Å²) in [7, 11) is 6.08. The van der Waals surface area contributed by atoms with Crippen LogP contribution in [-0.2, 0) is 0 Å². The molecule has 0 fully saturated rings. The number of allylic oxidation sites excluding steroid dienone is 2. The van der Waals surface area contributed by atoms with E-state index in [-0.39, 0.29) is 0 Å². The second-order valence-electron chi connectivity index (χ2n) is 7.41. The van der Waals surface area contributed by atoms with Gasteiger partial charge in [-0.25, -0.2) is 0 Å². The third kappa shape index (κ3) is 4.76. The number of likely N-dealkylation sites (N-methyl/N-ethyl adjacent to an activating group) is 2. The summed E-state index contributed by atoms with van der Waals surface area (Å²) in [5.74, 6) is 0.448. The summed E-state index contributed by atoms with van der Waals surface area (Å²) < 4.78 is 0. The summed E-state index contributed by atoms with van der Waals surface area (Å²) in [5, 5.41) is 4.43. The number of rotatable bonds is 8. The third-order valence-electron chi connectivity index (χ3n) is 5.25. The van der Waals surface area contributed by atoms with E-state index >= 15 is 0 Å². The van der Waals surface area contributed by atoms with Crippen LogP contribution in [0.5, 0.6) is 0 Å². The molecule has 1 unspecified atom stereocenters. The Morgan fingerprint density at radius 2 is 1.44 bits per heavy atom. The highest BCUT2D eigenvalue weighted by molar-refractivity contribution is 7.76. The van der Waals surface area contributed by atoms with E-state index in [9.17, 15) is 0 Å². The van der Waals surface area contributed by atoms with E-state index in [0.717, 1.165) is 13.1 Å². The Kier molecular flexibility index (Phi) is 7.01. The number of hydrogen-bond donors (Lipinski definition) is 0. The van der Waals surface area contributed by atoms with E-state index in [1.807, 2.05) is 0 Å². The van der Waals surface area contributed by atoms with Gasteiger partial charge in [0.05, 0.1) is 0 Å². The maximum Gasteiger partial charge on any atom is 0.0323 e. The van der Waals surface area contributed by atoms with E-state index in [1.165, 1.54) is 10.6 Å². The maximum absolute atomic E-state index is 2.50. The van der Waals surface area contributed by atoms with Crippen LogP contribution >= 0.6 is 7.92 Å². The molecule has 3 heteroatoms. The number of benzene rings is 2. The molecule has 0 heterocycles. The van der Waals surface area contributed by atoms with Gasteiger partial charge >= 0.3 is 0 Å². The minimum absolute atomic E-state index is 0.448. The monoisotopic (exact) mass is 378 g/mol. The minimum atomic E-state index is -0.525. The molecule has 0 radical (unpaired) electrons. The Hall–Kier alpha value is -1.73. The lowest BCUT2D eigenvalue weighted by molar-refractivity contribution is 0.180. The molecule has 0 N–H and O–H groups in total. The molecule has 0 saturated heterocycles. The third-order valence-corrected chi connectivity index (χ3v) is 7.84. The van der Waals surface area contributed by atoms with Crippen molar-refractivity contribution in [3.8, 4) is 0 Å². The van der Waals surface area contributed by atoms with Crippen molar-refractivity contribution < 1.29 is 0 Å². The van der Waals surface area contributed by atoms with Gasteiger partial charge in [-0.2, -0.15) is 0 Å². The highest BCUT2D eigenvalue weighted by Gasteiger charge is 2.33. The number of hydrogen-bond acceptors (Lipinski definition) is 2. The second-order valence-corrected chi connectivity index (χ2v) is 9.63. The van der Waals surface area contributed by atoms with Crippen molar-refractivity contribution in [2.24, 2.45) is 5.92 Å².